The molecule has 0 saturated carbocycles. The van der Waals surface area contributed by atoms with Crippen molar-refractivity contribution in [2.75, 3.05) is 38.6 Å². The van der Waals surface area contributed by atoms with Crippen molar-refractivity contribution in [1.29, 1.82) is 0 Å². The molecule has 0 aliphatic heterocycles. The Labute approximate surface area is 201 Å². The zero-order valence-corrected chi connectivity index (χ0v) is 20.8. The summed E-state index contributed by atoms with van der Waals surface area (Å²) < 4.78 is 5.27. The zero-order valence-electron chi connectivity index (χ0n) is 20.0. The number of methoxy groups -OCH3 is 1. The molecule has 7 heteroatoms. The van der Waals surface area contributed by atoms with E-state index in [0.29, 0.717) is 23.0 Å². The van der Waals surface area contributed by atoms with Crippen LogP contribution in [0.1, 0.15) is 31.4 Å². The Morgan fingerprint density at radius 3 is 2.45 bits per heavy atom. The van der Waals surface area contributed by atoms with E-state index in [-0.39, 0.29) is 5.56 Å². The summed E-state index contributed by atoms with van der Waals surface area (Å²) in [6, 6.07) is 15.8. The Bertz CT molecular complexity index is 1120. The van der Waals surface area contributed by atoms with E-state index in [4.69, 9.17) is 17.0 Å². The molecule has 2 N–H and O–H groups in total. The average molecular weight is 467 g/mol. The molecule has 1 heterocycles. The summed E-state index contributed by atoms with van der Waals surface area (Å²) in [6.07, 6.45) is 0.958. The quantitative estimate of drug-likeness (QED) is 0.420. The number of benzene rings is 2. The third-order valence-corrected chi connectivity index (χ3v) is 6.24. The minimum absolute atomic E-state index is 0.109. The van der Waals surface area contributed by atoms with Crippen LogP contribution in [0.5, 0.6) is 5.75 Å². The summed E-state index contributed by atoms with van der Waals surface area (Å²) in [6.45, 7) is 10.6. The Kier molecular flexibility index (Phi) is 8.86. The lowest BCUT2D eigenvalue weighted by Crippen LogP contribution is -2.38. The standard InChI is InChI=1S/C26H34N4O2S/c1-5-29(6-2)14-7-15-30(26(33)27-22-11-8-19(3)9-12-22)18-21-16-20-10-13-23(32-4)17-24(20)28-25(21)31/h8-13,16-17H,5-7,14-15,18H2,1-4H3,(H,27,33)(H,28,31). The van der Waals surface area contributed by atoms with Gasteiger partial charge in [-0.3, -0.25) is 4.79 Å². The van der Waals surface area contributed by atoms with Crippen LogP contribution in [0.3, 0.4) is 0 Å². The van der Waals surface area contributed by atoms with Crippen LogP contribution in [0.4, 0.5) is 5.69 Å². The maximum Gasteiger partial charge on any atom is 0.253 e. The molecule has 0 amide bonds. The van der Waals surface area contributed by atoms with Crippen molar-refractivity contribution in [2.45, 2.75) is 33.7 Å². The molecular formula is C26H34N4O2S. The average Bonchev–Trinajstić information content (AvgIpc) is 2.82. The van der Waals surface area contributed by atoms with E-state index in [1.807, 2.05) is 36.4 Å². The van der Waals surface area contributed by atoms with Crippen LogP contribution in [0, 0.1) is 6.92 Å². The van der Waals surface area contributed by atoms with Gasteiger partial charge in [0.25, 0.3) is 5.56 Å². The number of aromatic nitrogens is 1. The lowest BCUT2D eigenvalue weighted by Gasteiger charge is -2.27. The van der Waals surface area contributed by atoms with Gasteiger partial charge < -0.3 is 24.8 Å². The lowest BCUT2D eigenvalue weighted by molar-refractivity contribution is 0.281. The third-order valence-electron chi connectivity index (χ3n) is 5.88. The van der Waals surface area contributed by atoms with Gasteiger partial charge in [0, 0.05) is 23.9 Å². The molecule has 2 aromatic carbocycles. The molecule has 0 unspecified atom stereocenters. The second-order valence-corrected chi connectivity index (χ2v) is 8.56. The maximum absolute atomic E-state index is 12.9. The minimum atomic E-state index is -0.109. The first-order valence-corrected chi connectivity index (χ1v) is 11.9. The van der Waals surface area contributed by atoms with E-state index in [9.17, 15) is 4.79 Å². The number of hydrogen-bond acceptors (Lipinski definition) is 4. The molecule has 0 aliphatic carbocycles. The number of ether oxygens (including phenoxy) is 1. The first-order chi connectivity index (χ1) is 15.9. The predicted molar refractivity (Wildman–Crippen MR) is 141 cm³/mol. The second kappa shape index (κ2) is 11.8. The first-order valence-electron chi connectivity index (χ1n) is 11.5. The molecule has 0 spiro atoms. The highest BCUT2D eigenvalue weighted by Crippen LogP contribution is 2.19. The van der Waals surface area contributed by atoms with Crippen molar-refractivity contribution in [2.24, 2.45) is 0 Å². The number of aryl methyl sites for hydroxylation is 1. The van der Waals surface area contributed by atoms with Crippen LogP contribution in [-0.4, -0.2) is 53.2 Å². The van der Waals surface area contributed by atoms with E-state index >= 15 is 0 Å². The van der Waals surface area contributed by atoms with Gasteiger partial charge in [-0.15, -0.1) is 0 Å². The van der Waals surface area contributed by atoms with Crippen molar-refractivity contribution in [3.8, 4) is 5.75 Å². The van der Waals surface area contributed by atoms with Crippen molar-refractivity contribution in [3.63, 3.8) is 0 Å². The fourth-order valence-corrected chi connectivity index (χ4v) is 4.07. The van der Waals surface area contributed by atoms with Crippen LogP contribution < -0.4 is 15.6 Å². The molecule has 0 bridgehead atoms. The highest BCUT2D eigenvalue weighted by atomic mass is 32.1. The maximum atomic E-state index is 12.9. The molecule has 0 aliphatic rings. The molecule has 0 radical (unpaired) electrons. The summed E-state index contributed by atoms with van der Waals surface area (Å²) in [7, 11) is 1.62. The molecule has 3 rings (SSSR count). The number of anilines is 1. The number of rotatable bonds is 10. The van der Waals surface area contributed by atoms with Gasteiger partial charge in [-0.05, 0) is 80.9 Å². The molecule has 6 nitrogen and oxygen atoms in total. The summed E-state index contributed by atoms with van der Waals surface area (Å²) in [5.74, 6) is 0.715. The lowest BCUT2D eigenvalue weighted by atomic mass is 10.1. The molecular weight excluding hydrogens is 432 g/mol. The van der Waals surface area contributed by atoms with Gasteiger partial charge in [-0.25, -0.2) is 0 Å². The Morgan fingerprint density at radius 2 is 1.79 bits per heavy atom. The van der Waals surface area contributed by atoms with Gasteiger partial charge in [-0.2, -0.15) is 0 Å². The number of H-pyrrole nitrogens is 1. The van der Waals surface area contributed by atoms with Crippen LogP contribution in [-0.2, 0) is 6.54 Å². The van der Waals surface area contributed by atoms with Crippen LogP contribution in [0.15, 0.2) is 53.3 Å². The number of aromatic amines is 1. The van der Waals surface area contributed by atoms with E-state index in [2.05, 4.69) is 53.0 Å². The predicted octanol–water partition coefficient (Wildman–Crippen LogP) is 4.78. The molecule has 176 valence electrons. The Balaban J connectivity index is 1.81. The number of nitrogens with one attached hydrogen (secondary N) is 2. The van der Waals surface area contributed by atoms with Gasteiger partial charge in [0.05, 0.1) is 19.2 Å². The van der Waals surface area contributed by atoms with Gasteiger partial charge in [0.1, 0.15) is 5.75 Å². The number of thiocarbonyl (C=S) groups is 1. The van der Waals surface area contributed by atoms with Gasteiger partial charge in [0.15, 0.2) is 5.11 Å². The van der Waals surface area contributed by atoms with Gasteiger partial charge >= 0.3 is 0 Å². The molecule has 0 atom stereocenters. The summed E-state index contributed by atoms with van der Waals surface area (Å²) in [4.78, 5) is 20.3. The minimum Gasteiger partial charge on any atom is -0.497 e. The summed E-state index contributed by atoms with van der Waals surface area (Å²) in [5, 5.41) is 4.92. The molecule has 3 aromatic rings. The topological polar surface area (TPSA) is 60.6 Å². The Hall–Kier alpha value is -2.90. The molecule has 1 aromatic heterocycles. The van der Waals surface area contributed by atoms with E-state index in [1.54, 1.807) is 7.11 Å². The van der Waals surface area contributed by atoms with Crippen LogP contribution >= 0.6 is 12.2 Å². The fraction of sp³-hybridized carbons (Fsp3) is 0.385. The second-order valence-electron chi connectivity index (χ2n) is 8.18. The van der Waals surface area contributed by atoms with Crippen LogP contribution in [0.2, 0.25) is 0 Å². The number of fused-ring (bicyclic) bond motifs is 1. The number of pyridine rings is 1. The Morgan fingerprint density at radius 1 is 1.06 bits per heavy atom. The normalized spacial score (nSPS) is 11.1. The molecule has 0 fully saturated rings. The van der Waals surface area contributed by atoms with Crippen molar-refractivity contribution < 1.29 is 4.74 Å². The summed E-state index contributed by atoms with van der Waals surface area (Å²) in [5.41, 5.74) is 3.48. The van der Waals surface area contributed by atoms with Crippen molar-refractivity contribution in [1.82, 2.24) is 14.8 Å². The number of hydrogen-bond donors (Lipinski definition) is 2. The van der Waals surface area contributed by atoms with Crippen molar-refractivity contribution in [3.05, 3.63) is 70.0 Å². The van der Waals surface area contributed by atoms with E-state index in [1.165, 1.54) is 5.56 Å². The van der Waals surface area contributed by atoms with E-state index < -0.39 is 0 Å². The first kappa shape index (κ1) is 24.7. The smallest absolute Gasteiger partial charge is 0.253 e. The SMILES string of the molecule is CCN(CC)CCCN(Cc1cc2ccc(OC)cc2[nH]c1=O)C(=S)Nc1ccc(C)cc1. The molecule has 0 saturated heterocycles. The highest BCUT2D eigenvalue weighted by Gasteiger charge is 2.14. The van der Waals surface area contributed by atoms with Crippen molar-refractivity contribution >= 4 is 33.9 Å². The van der Waals surface area contributed by atoms with Gasteiger partial charge in [0.2, 0.25) is 0 Å². The van der Waals surface area contributed by atoms with Gasteiger partial charge in [-0.1, -0.05) is 31.5 Å². The monoisotopic (exact) mass is 466 g/mol. The third kappa shape index (κ3) is 6.79. The van der Waals surface area contributed by atoms with E-state index in [0.717, 1.165) is 49.2 Å². The molecule has 33 heavy (non-hydrogen) atoms. The fourth-order valence-electron chi connectivity index (χ4n) is 3.79. The highest BCUT2D eigenvalue weighted by molar-refractivity contribution is 7.80. The summed E-state index contributed by atoms with van der Waals surface area (Å²) >= 11 is 5.77. The number of nitrogens with zero attached hydrogens (tertiary/aromatic N) is 2. The zero-order chi connectivity index (χ0) is 23.8. The van der Waals surface area contributed by atoms with Crippen LogP contribution in [0.25, 0.3) is 10.9 Å². The largest absolute Gasteiger partial charge is 0.497 e.